The minimum absolute atomic E-state index is 0.145. The lowest BCUT2D eigenvalue weighted by molar-refractivity contribution is 0.242. The van der Waals surface area contributed by atoms with Gasteiger partial charge in [0.15, 0.2) is 0 Å². The molecule has 0 saturated carbocycles. The number of rotatable bonds is 6. The summed E-state index contributed by atoms with van der Waals surface area (Å²) in [6.45, 7) is 10.3. The molecule has 0 N–H and O–H groups in total. The third kappa shape index (κ3) is 4.85. The van der Waals surface area contributed by atoms with E-state index >= 15 is 0 Å². The molecule has 0 aliphatic heterocycles. The fourth-order valence-electron chi connectivity index (χ4n) is 2.54. The largest absolute Gasteiger partial charge is 0.491 e. The van der Waals surface area contributed by atoms with E-state index in [-0.39, 0.29) is 6.10 Å². The van der Waals surface area contributed by atoms with Gasteiger partial charge in [-0.15, -0.1) is 0 Å². The van der Waals surface area contributed by atoms with Crippen molar-refractivity contribution >= 4 is 23.0 Å². The van der Waals surface area contributed by atoms with Crippen LogP contribution in [0.15, 0.2) is 41.4 Å². The van der Waals surface area contributed by atoms with E-state index in [1.165, 1.54) is 0 Å². The molecular weight excluding hydrogens is 318 g/mol. The summed E-state index contributed by atoms with van der Waals surface area (Å²) in [6, 6.07) is 12.2. The zero-order chi connectivity index (χ0) is 17.7. The van der Waals surface area contributed by atoms with Crippen LogP contribution < -0.4 is 4.74 Å². The predicted octanol–water partition coefficient (Wildman–Crippen LogP) is 6.66. The van der Waals surface area contributed by atoms with Crippen molar-refractivity contribution in [2.24, 2.45) is 4.99 Å². The van der Waals surface area contributed by atoms with Crippen molar-refractivity contribution in [1.29, 1.82) is 0 Å². The van der Waals surface area contributed by atoms with Crippen LogP contribution in [0.1, 0.15) is 50.3 Å². The van der Waals surface area contributed by atoms with Gasteiger partial charge in [-0.25, -0.2) is 0 Å². The average Bonchev–Trinajstić information content (AvgIpc) is 2.50. The highest BCUT2D eigenvalue weighted by atomic mass is 35.5. The number of aliphatic imine (C=N–C) groups is 1. The van der Waals surface area contributed by atoms with Crippen LogP contribution in [0.25, 0.3) is 0 Å². The van der Waals surface area contributed by atoms with E-state index in [0.29, 0.717) is 0 Å². The van der Waals surface area contributed by atoms with E-state index in [4.69, 9.17) is 21.3 Å². The van der Waals surface area contributed by atoms with E-state index in [0.717, 1.165) is 51.7 Å². The molecule has 0 radical (unpaired) electrons. The van der Waals surface area contributed by atoms with Crippen molar-refractivity contribution in [3.8, 4) is 5.75 Å². The molecule has 0 aliphatic carbocycles. The van der Waals surface area contributed by atoms with Crippen molar-refractivity contribution in [2.45, 2.75) is 53.6 Å². The molecule has 0 aromatic heterocycles. The Kier molecular flexibility index (Phi) is 6.44. The highest BCUT2D eigenvalue weighted by Crippen LogP contribution is 2.28. The number of nitrogens with zero attached hydrogens (tertiary/aromatic N) is 1. The van der Waals surface area contributed by atoms with Crippen molar-refractivity contribution < 1.29 is 4.74 Å². The van der Waals surface area contributed by atoms with Gasteiger partial charge in [-0.05, 0) is 57.4 Å². The van der Waals surface area contributed by atoms with Gasteiger partial charge in [-0.2, -0.15) is 0 Å². The normalized spacial score (nSPS) is 11.9. The second-order valence-corrected chi connectivity index (χ2v) is 6.81. The maximum atomic E-state index is 6.46. The molecule has 2 rings (SSSR count). The Morgan fingerprint density at radius 1 is 1.12 bits per heavy atom. The fourth-order valence-corrected chi connectivity index (χ4v) is 2.89. The minimum Gasteiger partial charge on any atom is -0.491 e. The Hall–Kier alpha value is -1.80. The van der Waals surface area contributed by atoms with E-state index in [1.54, 1.807) is 0 Å². The van der Waals surface area contributed by atoms with Crippen molar-refractivity contribution in [2.75, 3.05) is 0 Å². The molecule has 0 unspecified atom stereocenters. The van der Waals surface area contributed by atoms with Crippen LogP contribution in [0.4, 0.5) is 5.69 Å². The summed E-state index contributed by atoms with van der Waals surface area (Å²) in [6.07, 6.45) is 2.05. The summed E-state index contributed by atoms with van der Waals surface area (Å²) in [5, 5.41) is 0.759. The van der Waals surface area contributed by atoms with Gasteiger partial charge in [0.05, 0.1) is 11.8 Å². The molecule has 0 bridgehead atoms. The van der Waals surface area contributed by atoms with Crippen molar-refractivity contribution in [3.63, 3.8) is 0 Å². The molecule has 2 aromatic carbocycles. The highest BCUT2D eigenvalue weighted by Gasteiger charge is 2.10. The number of halogens is 1. The Bertz CT molecular complexity index is 735. The smallest absolute Gasteiger partial charge is 0.121 e. The standard InChI is InChI=1S/C21H26ClNO/c1-6-7-20(18-11-8-15(4)12-19(18)22)23-21-13-17(24-14(2)3)10-9-16(21)5/h8-14H,6-7H2,1-5H3. The van der Waals surface area contributed by atoms with E-state index in [1.807, 2.05) is 39.0 Å². The Labute approximate surface area is 150 Å². The second kappa shape index (κ2) is 8.34. The Morgan fingerprint density at radius 2 is 1.88 bits per heavy atom. The van der Waals surface area contributed by atoms with Crippen LogP contribution in [0.5, 0.6) is 5.75 Å². The average molecular weight is 344 g/mol. The second-order valence-electron chi connectivity index (χ2n) is 6.41. The molecule has 128 valence electrons. The van der Waals surface area contributed by atoms with E-state index < -0.39 is 0 Å². The zero-order valence-corrected chi connectivity index (χ0v) is 15.9. The van der Waals surface area contributed by atoms with Crippen molar-refractivity contribution in [1.82, 2.24) is 0 Å². The lowest BCUT2D eigenvalue weighted by atomic mass is 10.0. The van der Waals surface area contributed by atoms with Gasteiger partial charge in [0.2, 0.25) is 0 Å². The summed E-state index contributed by atoms with van der Waals surface area (Å²) < 4.78 is 5.80. The third-order valence-corrected chi connectivity index (χ3v) is 4.04. The van der Waals surface area contributed by atoms with Crippen LogP contribution >= 0.6 is 11.6 Å². The number of hydrogen-bond donors (Lipinski definition) is 0. The lowest BCUT2D eigenvalue weighted by Gasteiger charge is -2.13. The number of benzene rings is 2. The van der Waals surface area contributed by atoms with Gasteiger partial charge in [0, 0.05) is 22.4 Å². The first-order valence-electron chi connectivity index (χ1n) is 8.52. The minimum atomic E-state index is 0.145. The van der Waals surface area contributed by atoms with Crippen LogP contribution in [0.3, 0.4) is 0 Å². The predicted molar refractivity (Wildman–Crippen MR) is 104 cm³/mol. The molecule has 24 heavy (non-hydrogen) atoms. The van der Waals surface area contributed by atoms with Crippen LogP contribution in [-0.2, 0) is 0 Å². The van der Waals surface area contributed by atoms with Gasteiger partial charge in [0.25, 0.3) is 0 Å². The van der Waals surface area contributed by atoms with E-state index in [9.17, 15) is 0 Å². The summed E-state index contributed by atoms with van der Waals surface area (Å²) >= 11 is 6.46. The van der Waals surface area contributed by atoms with E-state index in [2.05, 4.69) is 32.0 Å². The molecule has 2 aromatic rings. The fraction of sp³-hybridized carbons (Fsp3) is 0.381. The van der Waals surface area contributed by atoms with Crippen molar-refractivity contribution in [3.05, 3.63) is 58.1 Å². The maximum Gasteiger partial charge on any atom is 0.121 e. The SMILES string of the molecule is CCCC(=Nc1cc(OC(C)C)ccc1C)c1ccc(C)cc1Cl. The van der Waals surface area contributed by atoms with Crippen LogP contribution in [0, 0.1) is 13.8 Å². The Morgan fingerprint density at radius 3 is 2.50 bits per heavy atom. The first kappa shape index (κ1) is 18.5. The molecule has 0 fully saturated rings. The highest BCUT2D eigenvalue weighted by molar-refractivity contribution is 6.34. The van der Waals surface area contributed by atoms with Gasteiger partial charge >= 0.3 is 0 Å². The molecule has 0 amide bonds. The van der Waals surface area contributed by atoms with Gasteiger partial charge in [-0.1, -0.05) is 43.1 Å². The first-order chi connectivity index (χ1) is 11.4. The maximum absolute atomic E-state index is 6.46. The molecule has 3 heteroatoms. The van der Waals surface area contributed by atoms with Crippen LogP contribution in [0.2, 0.25) is 5.02 Å². The molecule has 0 spiro atoms. The molecule has 2 nitrogen and oxygen atoms in total. The summed E-state index contributed by atoms with van der Waals surface area (Å²) in [4.78, 5) is 4.93. The van der Waals surface area contributed by atoms with Gasteiger partial charge < -0.3 is 4.74 Å². The summed E-state index contributed by atoms with van der Waals surface area (Å²) in [5.41, 5.74) is 5.25. The lowest BCUT2D eigenvalue weighted by Crippen LogP contribution is -2.05. The van der Waals surface area contributed by atoms with Gasteiger partial charge in [0.1, 0.15) is 5.75 Å². The Balaban J connectivity index is 2.47. The number of ether oxygens (including phenoxy) is 1. The molecule has 0 aliphatic rings. The summed E-state index contributed by atoms with van der Waals surface area (Å²) in [7, 11) is 0. The zero-order valence-electron chi connectivity index (χ0n) is 15.2. The topological polar surface area (TPSA) is 21.6 Å². The monoisotopic (exact) mass is 343 g/mol. The molecule has 0 atom stereocenters. The summed E-state index contributed by atoms with van der Waals surface area (Å²) in [5.74, 6) is 0.847. The number of aryl methyl sites for hydroxylation is 2. The molecule has 0 saturated heterocycles. The molecular formula is C21H26ClNO. The first-order valence-corrected chi connectivity index (χ1v) is 8.90. The quantitative estimate of drug-likeness (QED) is 0.537. The van der Waals surface area contributed by atoms with Crippen LogP contribution in [-0.4, -0.2) is 11.8 Å². The third-order valence-electron chi connectivity index (χ3n) is 3.73. The number of hydrogen-bond acceptors (Lipinski definition) is 2. The van der Waals surface area contributed by atoms with Gasteiger partial charge in [-0.3, -0.25) is 4.99 Å². The molecule has 0 heterocycles.